The minimum Gasteiger partial charge on any atom is -0.493 e. The van der Waals surface area contributed by atoms with Gasteiger partial charge < -0.3 is 20.2 Å². The number of nitrogens with one attached hydrogen (secondary N) is 1. The Morgan fingerprint density at radius 2 is 1.72 bits per heavy atom. The van der Waals surface area contributed by atoms with Gasteiger partial charge in [0.2, 0.25) is 0 Å². The molecule has 0 aliphatic rings. The first-order chi connectivity index (χ1) is 8.62. The molecule has 3 N–H and O–H groups in total. The number of fused-ring (bicyclic) bond motifs is 1. The molecule has 2 rings (SSSR count). The van der Waals surface area contributed by atoms with Crippen LogP contribution in [0.5, 0.6) is 11.5 Å². The van der Waals surface area contributed by atoms with Gasteiger partial charge in [-0.15, -0.1) is 0 Å². The number of rotatable bonds is 3. The second-order valence-corrected chi connectivity index (χ2v) is 4.01. The van der Waals surface area contributed by atoms with E-state index in [-0.39, 0.29) is 12.1 Å². The Hall–Kier alpha value is -2.01. The number of ether oxygens (including phenoxy) is 2. The van der Waals surface area contributed by atoms with Gasteiger partial charge in [-0.3, -0.25) is 4.79 Å². The number of nitrogens with two attached hydrogens (primary N) is 1. The fraction of sp³-hybridized carbons (Fsp3) is 0.308. The number of H-pyrrole nitrogens is 1. The summed E-state index contributed by atoms with van der Waals surface area (Å²) >= 11 is 0. The molecule has 1 aromatic carbocycles. The van der Waals surface area contributed by atoms with E-state index in [4.69, 9.17) is 15.2 Å². The normalized spacial score (nSPS) is 10.7. The number of aromatic amines is 1. The fourth-order valence-corrected chi connectivity index (χ4v) is 2.08. The molecule has 0 aliphatic heterocycles. The second-order valence-electron chi connectivity index (χ2n) is 4.01. The van der Waals surface area contributed by atoms with Gasteiger partial charge in [-0.05, 0) is 24.4 Å². The average molecular weight is 248 g/mol. The molecule has 0 unspecified atom stereocenters. The molecule has 1 aromatic heterocycles. The molecule has 0 aliphatic carbocycles. The fourth-order valence-electron chi connectivity index (χ4n) is 2.08. The summed E-state index contributed by atoms with van der Waals surface area (Å²) in [5, 5.41) is 1.71. The molecule has 18 heavy (non-hydrogen) atoms. The predicted molar refractivity (Wildman–Crippen MR) is 70.3 cm³/mol. The minimum atomic E-state index is -0.158. The predicted octanol–water partition coefficient (Wildman–Crippen LogP) is 1.31. The molecule has 0 fully saturated rings. The van der Waals surface area contributed by atoms with Gasteiger partial charge >= 0.3 is 0 Å². The van der Waals surface area contributed by atoms with Crippen LogP contribution in [0.4, 0.5) is 0 Å². The first-order valence-electron chi connectivity index (χ1n) is 5.60. The van der Waals surface area contributed by atoms with Crippen molar-refractivity contribution in [3.8, 4) is 11.5 Å². The number of methoxy groups -OCH3 is 2. The van der Waals surface area contributed by atoms with Crippen molar-refractivity contribution < 1.29 is 9.47 Å². The third-order valence-electron chi connectivity index (χ3n) is 3.03. The van der Waals surface area contributed by atoms with Crippen LogP contribution in [-0.2, 0) is 6.54 Å². The molecular formula is C13H16N2O3. The Morgan fingerprint density at radius 1 is 1.17 bits per heavy atom. The lowest BCUT2D eigenvalue weighted by Crippen LogP contribution is -2.17. The monoisotopic (exact) mass is 248 g/mol. The van der Waals surface area contributed by atoms with Crippen LogP contribution in [0.25, 0.3) is 10.8 Å². The van der Waals surface area contributed by atoms with E-state index in [0.717, 1.165) is 16.5 Å². The molecule has 0 bridgehead atoms. The summed E-state index contributed by atoms with van der Waals surface area (Å²) in [5.74, 6) is 1.22. The number of benzene rings is 1. The third kappa shape index (κ3) is 1.82. The van der Waals surface area contributed by atoms with Crippen LogP contribution in [0, 0.1) is 6.92 Å². The summed E-state index contributed by atoms with van der Waals surface area (Å²) in [5.41, 5.74) is 6.82. The van der Waals surface area contributed by atoms with Crippen molar-refractivity contribution in [1.29, 1.82) is 0 Å². The van der Waals surface area contributed by atoms with Crippen LogP contribution in [-0.4, -0.2) is 19.2 Å². The molecule has 0 radical (unpaired) electrons. The van der Waals surface area contributed by atoms with Crippen LogP contribution in [0.15, 0.2) is 16.9 Å². The number of aromatic nitrogens is 1. The Morgan fingerprint density at radius 3 is 2.22 bits per heavy atom. The lowest BCUT2D eigenvalue weighted by molar-refractivity contribution is 0.356. The number of hydrogen-bond donors (Lipinski definition) is 2. The highest BCUT2D eigenvalue weighted by Gasteiger charge is 2.12. The van der Waals surface area contributed by atoms with Gasteiger partial charge in [0, 0.05) is 23.2 Å². The van der Waals surface area contributed by atoms with Crippen LogP contribution in [0.1, 0.15) is 11.3 Å². The van der Waals surface area contributed by atoms with Crippen molar-refractivity contribution in [3.05, 3.63) is 33.7 Å². The lowest BCUT2D eigenvalue weighted by atomic mass is 10.0. The maximum atomic E-state index is 11.8. The van der Waals surface area contributed by atoms with Gasteiger partial charge in [-0.1, -0.05) is 0 Å². The molecule has 5 nitrogen and oxygen atoms in total. The molecule has 2 aromatic rings. The molecule has 0 saturated heterocycles. The summed E-state index contributed by atoms with van der Waals surface area (Å²) in [6.07, 6.45) is 0. The minimum absolute atomic E-state index is 0.158. The lowest BCUT2D eigenvalue weighted by Gasteiger charge is -2.12. The smallest absolute Gasteiger partial charge is 0.253 e. The number of aryl methyl sites for hydroxylation is 1. The quantitative estimate of drug-likeness (QED) is 0.858. The van der Waals surface area contributed by atoms with Gasteiger partial charge in [0.15, 0.2) is 11.5 Å². The van der Waals surface area contributed by atoms with E-state index in [9.17, 15) is 4.79 Å². The van der Waals surface area contributed by atoms with Crippen molar-refractivity contribution in [1.82, 2.24) is 4.98 Å². The summed E-state index contributed by atoms with van der Waals surface area (Å²) in [4.78, 5) is 14.6. The van der Waals surface area contributed by atoms with E-state index in [2.05, 4.69) is 4.98 Å². The molecule has 0 atom stereocenters. The summed E-state index contributed by atoms with van der Waals surface area (Å²) in [6.45, 7) is 2.03. The Bertz CT molecular complexity index is 647. The van der Waals surface area contributed by atoms with Crippen LogP contribution in [0.3, 0.4) is 0 Å². The van der Waals surface area contributed by atoms with Crippen molar-refractivity contribution in [2.45, 2.75) is 13.5 Å². The maximum Gasteiger partial charge on any atom is 0.253 e. The zero-order valence-electron chi connectivity index (χ0n) is 10.7. The van der Waals surface area contributed by atoms with E-state index in [1.54, 1.807) is 20.3 Å². The molecule has 0 spiro atoms. The van der Waals surface area contributed by atoms with E-state index in [1.807, 2.05) is 13.0 Å². The van der Waals surface area contributed by atoms with Crippen molar-refractivity contribution in [3.63, 3.8) is 0 Å². The Kier molecular flexibility index (Phi) is 3.25. The maximum absolute atomic E-state index is 11.8. The van der Waals surface area contributed by atoms with Gasteiger partial charge in [0.25, 0.3) is 5.56 Å². The van der Waals surface area contributed by atoms with Crippen LogP contribution in [0.2, 0.25) is 0 Å². The van der Waals surface area contributed by atoms with Gasteiger partial charge in [0.05, 0.1) is 14.2 Å². The third-order valence-corrected chi connectivity index (χ3v) is 3.03. The topological polar surface area (TPSA) is 77.3 Å². The molecule has 0 saturated carbocycles. The van der Waals surface area contributed by atoms with Crippen LogP contribution >= 0.6 is 0 Å². The van der Waals surface area contributed by atoms with E-state index in [0.29, 0.717) is 17.1 Å². The Labute approximate surface area is 105 Å². The highest BCUT2D eigenvalue weighted by atomic mass is 16.5. The first-order valence-corrected chi connectivity index (χ1v) is 5.60. The van der Waals surface area contributed by atoms with Crippen molar-refractivity contribution in [2.24, 2.45) is 5.73 Å². The van der Waals surface area contributed by atoms with Gasteiger partial charge in [0.1, 0.15) is 0 Å². The molecule has 1 heterocycles. The number of hydrogen-bond acceptors (Lipinski definition) is 4. The van der Waals surface area contributed by atoms with Crippen LogP contribution < -0.4 is 20.8 Å². The SMILES string of the molecule is COc1cc2c(C)[nH]c(=O)c(CN)c2cc1OC. The molecule has 5 heteroatoms. The molecular weight excluding hydrogens is 232 g/mol. The zero-order valence-corrected chi connectivity index (χ0v) is 10.7. The first kappa shape index (κ1) is 12.4. The van der Waals surface area contributed by atoms with E-state index in [1.165, 1.54) is 0 Å². The summed E-state index contributed by atoms with van der Waals surface area (Å²) < 4.78 is 10.5. The van der Waals surface area contributed by atoms with E-state index >= 15 is 0 Å². The van der Waals surface area contributed by atoms with Gasteiger partial charge in [-0.25, -0.2) is 0 Å². The highest BCUT2D eigenvalue weighted by Crippen LogP contribution is 2.33. The second kappa shape index (κ2) is 4.70. The molecule has 0 amide bonds. The van der Waals surface area contributed by atoms with E-state index < -0.39 is 0 Å². The van der Waals surface area contributed by atoms with Crippen molar-refractivity contribution >= 4 is 10.8 Å². The largest absolute Gasteiger partial charge is 0.493 e. The highest BCUT2D eigenvalue weighted by molar-refractivity contribution is 5.90. The average Bonchev–Trinajstić information content (AvgIpc) is 2.37. The zero-order chi connectivity index (χ0) is 13.3. The van der Waals surface area contributed by atoms with Gasteiger partial charge in [-0.2, -0.15) is 0 Å². The number of pyridine rings is 1. The molecule has 96 valence electrons. The standard InChI is InChI=1S/C13H16N2O3/c1-7-8-4-11(17-2)12(18-3)5-9(8)10(6-14)13(16)15-7/h4-5H,6,14H2,1-3H3,(H,15,16). The van der Waals surface area contributed by atoms with Crippen molar-refractivity contribution in [2.75, 3.05) is 14.2 Å². The Balaban J connectivity index is 2.91. The summed E-state index contributed by atoms with van der Waals surface area (Å²) in [6, 6.07) is 3.64. The summed E-state index contributed by atoms with van der Waals surface area (Å²) in [7, 11) is 3.14.